The molecular weight excluding hydrogens is 472 g/mol. The standard InChI is InChI=1S/C30H42O7/c1-19-12-13-34-23(15-19)10-11-26-27-18-28(36-26)30(33)25(31)17-21(3)14-20(2)16-24-8-4-6-22(35-24)7-5-9-29(32)37-27/h4-6,9-12,20,22-28,30-31,33H,3,7-8,13-18H2,1-2H3/b9-5+,11-10+. The molecule has 4 bridgehead atoms. The first-order chi connectivity index (χ1) is 17.8. The predicted molar refractivity (Wildman–Crippen MR) is 141 cm³/mol. The van der Waals surface area contributed by atoms with Gasteiger partial charge >= 0.3 is 5.97 Å². The monoisotopic (exact) mass is 514 g/mol. The minimum absolute atomic E-state index is 0.0723. The highest BCUT2D eigenvalue weighted by molar-refractivity contribution is 5.82. The second-order valence-corrected chi connectivity index (χ2v) is 11.0. The minimum Gasteiger partial charge on any atom is -0.456 e. The molecule has 1 saturated heterocycles. The molecule has 4 heterocycles. The third kappa shape index (κ3) is 8.23. The number of hydrogen-bond acceptors (Lipinski definition) is 7. The summed E-state index contributed by atoms with van der Waals surface area (Å²) in [6.07, 6.45) is 13.7. The van der Waals surface area contributed by atoms with Crippen molar-refractivity contribution in [1.82, 2.24) is 0 Å². The fourth-order valence-electron chi connectivity index (χ4n) is 5.62. The van der Waals surface area contributed by atoms with Crippen LogP contribution in [0.5, 0.6) is 0 Å². The van der Waals surface area contributed by atoms with Crippen molar-refractivity contribution in [3.05, 3.63) is 60.3 Å². The van der Waals surface area contributed by atoms with Crippen molar-refractivity contribution < 1.29 is 34.0 Å². The fourth-order valence-corrected chi connectivity index (χ4v) is 5.62. The molecule has 7 heteroatoms. The summed E-state index contributed by atoms with van der Waals surface area (Å²) in [6, 6.07) is 0. The molecule has 7 nitrogen and oxygen atoms in total. The Morgan fingerprint density at radius 3 is 2.68 bits per heavy atom. The molecule has 0 spiro atoms. The molecule has 0 radical (unpaired) electrons. The maximum Gasteiger partial charge on any atom is 0.330 e. The van der Waals surface area contributed by atoms with Crippen molar-refractivity contribution in [3.8, 4) is 0 Å². The first kappa shape index (κ1) is 28.0. The van der Waals surface area contributed by atoms with Gasteiger partial charge in [-0.05, 0) is 51.4 Å². The lowest BCUT2D eigenvalue weighted by Gasteiger charge is -2.28. The number of carbonyl (C=O) groups excluding carboxylic acids is 1. The largest absolute Gasteiger partial charge is 0.456 e. The summed E-state index contributed by atoms with van der Waals surface area (Å²) in [7, 11) is 0. The maximum atomic E-state index is 12.7. The van der Waals surface area contributed by atoms with Gasteiger partial charge in [0.1, 0.15) is 18.3 Å². The highest BCUT2D eigenvalue weighted by Crippen LogP contribution is 2.31. The lowest BCUT2D eigenvalue weighted by Crippen LogP contribution is -2.37. The molecule has 0 aromatic heterocycles. The van der Waals surface area contributed by atoms with Gasteiger partial charge in [0.05, 0.1) is 37.1 Å². The van der Waals surface area contributed by atoms with E-state index in [1.807, 2.05) is 18.2 Å². The molecule has 204 valence electrons. The second-order valence-electron chi connectivity index (χ2n) is 11.0. The fraction of sp³-hybridized carbons (Fsp3) is 0.633. The number of aliphatic hydroxyl groups excluding tert-OH is 2. The lowest BCUT2D eigenvalue weighted by molar-refractivity contribution is -0.144. The molecule has 37 heavy (non-hydrogen) atoms. The van der Waals surface area contributed by atoms with Gasteiger partial charge in [-0.25, -0.2) is 4.79 Å². The molecule has 9 unspecified atom stereocenters. The molecule has 0 aromatic rings. The van der Waals surface area contributed by atoms with Crippen molar-refractivity contribution in [3.63, 3.8) is 0 Å². The van der Waals surface area contributed by atoms with E-state index in [0.717, 1.165) is 31.3 Å². The molecule has 0 aliphatic carbocycles. The Labute approximate surface area is 220 Å². The van der Waals surface area contributed by atoms with Crippen LogP contribution in [-0.2, 0) is 23.7 Å². The summed E-state index contributed by atoms with van der Waals surface area (Å²) in [6.45, 7) is 8.95. The minimum atomic E-state index is -1.12. The summed E-state index contributed by atoms with van der Waals surface area (Å²) in [5.41, 5.74) is 2.15. The Hall–Kier alpha value is -2.03. The van der Waals surface area contributed by atoms with Crippen LogP contribution in [-0.4, -0.2) is 71.6 Å². The van der Waals surface area contributed by atoms with Crippen molar-refractivity contribution in [1.29, 1.82) is 0 Å². The smallest absolute Gasteiger partial charge is 0.330 e. The molecule has 2 N–H and O–H groups in total. The van der Waals surface area contributed by atoms with Crippen LogP contribution in [0.3, 0.4) is 0 Å². The molecule has 0 saturated carbocycles. The summed E-state index contributed by atoms with van der Waals surface area (Å²) < 4.78 is 23.9. The van der Waals surface area contributed by atoms with E-state index in [2.05, 4.69) is 32.6 Å². The summed E-state index contributed by atoms with van der Waals surface area (Å²) in [5.74, 6) is -0.129. The molecule has 4 aliphatic heterocycles. The zero-order valence-electron chi connectivity index (χ0n) is 22.0. The van der Waals surface area contributed by atoms with Gasteiger partial charge in [0, 0.05) is 12.5 Å². The van der Waals surface area contributed by atoms with E-state index in [1.165, 1.54) is 11.6 Å². The van der Waals surface area contributed by atoms with Gasteiger partial charge in [0.15, 0.2) is 0 Å². The zero-order valence-corrected chi connectivity index (χ0v) is 22.0. The van der Waals surface area contributed by atoms with Gasteiger partial charge < -0.3 is 29.2 Å². The number of rotatable bonds is 2. The van der Waals surface area contributed by atoms with Gasteiger partial charge in [-0.15, -0.1) is 0 Å². The Bertz CT molecular complexity index is 919. The highest BCUT2D eigenvalue weighted by atomic mass is 16.6. The Kier molecular flexibility index (Phi) is 9.96. The van der Waals surface area contributed by atoms with Gasteiger partial charge in [-0.3, -0.25) is 0 Å². The SMILES string of the molecule is C=C1CC(C)CC2CC=CC(C/C=C/C(=O)OC3CC(OC3/C=C/C3CC(C)=CCO3)C(O)C(O)C1)O2. The summed E-state index contributed by atoms with van der Waals surface area (Å²) in [5, 5.41) is 21.7. The molecule has 4 rings (SSSR count). The second kappa shape index (κ2) is 13.2. The van der Waals surface area contributed by atoms with E-state index in [0.29, 0.717) is 18.9 Å². The van der Waals surface area contributed by atoms with Gasteiger partial charge in [0.2, 0.25) is 0 Å². The first-order valence-electron chi connectivity index (χ1n) is 13.6. The van der Waals surface area contributed by atoms with Gasteiger partial charge in [-0.2, -0.15) is 0 Å². The van der Waals surface area contributed by atoms with E-state index >= 15 is 0 Å². The van der Waals surface area contributed by atoms with Crippen LogP contribution < -0.4 is 0 Å². The van der Waals surface area contributed by atoms with E-state index in [1.54, 1.807) is 6.08 Å². The molecule has 0 amide bonds. The van der Waals surface area contributed by atoms with Crippen LogP contribution in [0, 0.1) is 5.92 Å². The quantitative estimate of drug-likeness (QED) is 0.423. The summed E-state index contributed by atoms with van der Waals surface area (Å²) in [4.78, 5) is 12.7. The van der Waals surface area contributed by atoms with Crippen LogP contribution in [0.15, 0.2) is 60.3 Å². The van der Waals surface area contributed by atoms with Crippen molar-refractivity contribution >= 4 is 5.97 Å². The van der Waals surface area contributed by atoms with Crippen LogP contribution in [0.4, 0.5) is 0 Å². The normalized spacial score (nSPS) is 41.1. The predicted octanol–water partition coefficient (Wildman–Crippen LogP) is 4.11. The van der Waals surface area contributed by atoms with Crippen LogP contribution >= 0.6 is 0 Å². The lowest BCUT2D eigenvalue weighted by atomic mass is 9.90. The third-order valence-corrected chi connectivity index (χ3v) is 7.53. The van der Waals surface area contributed by atoms with E-state index in [4.69, 9.17) is 18.9 Å². The topological polar surface area (TPSA) is 94.5 Å². The molecule has 9 atom stereocenters. The molecular formula is C30H42O7. The number of hydrogen-bond donors (Lipinski definition) is 2. The van der Waals surface area contributed by atoms with Crippen LogP contribution in [0.1, 0.15) is 58.8 Å². The molecule has 1 fully saturated rings. The summed E-state index contributed by atoms with van der Waals surface area (Å²) >= 11 is 0. The van der Waals surface area contributed by atoms with Crippen molar-refractivity contribution in [2.75, 3.05) is 6.61 Å². The van der Waals surface area contributed by atoms with Gasteiger partial charge in [0.25, 0.3) is 0 Å². The third-order valence-electron chi connectivity index (χ3n) is 7.53. The van der Waals surface area contributed by atoms with Crippen molar-refractivity contribution in [2.24, 2.45) is 5.92 Å². The van der Waals surface area contributed by atoms with E-state index < -0.39 is 36.5 Å². The van der Waals surface area contributed by atoms with E-state index in [-0.39, 0.29) is 31.2 Å². The van der Waals surface area contributed by atoms with E-state index in [9.17, 15) is 15.0 Å². The first-order valence-corrected chi connectivity index (χ1v) is 13.6. The van der Waals surface area contributed by atoms with Crippen molar-refractivity contribution in [2.45, 2.75) is 108 Å². The average Bonchev–Trinajstić information content (AvgIpc) is 3.24. The van der Waals surface area contributed by atoms with Crippen LogP contribution in [0.2, 0.25) is 0 Å². The molecule has 4 aliphatic rings. The number of ether oxygens (including phenoxy) is 4. The number of fused-ring (bicyclic) bond motifs is 4. The Balaban J connectivity index is 1.49. The Morgan fingerprint density at radius 1 is 1.03 bits per heavy atom. The average molecular weight is 515 g/mol. The van der Waals surface area contributed by atoms with Crippen LogP contribution in [0.25, 0.3) is 0 Å². The Morgan fingerprint density at radius 2 is 1.86 bits per heavy atom. The number of carbonyl (C=O) groups is 1. The maximum absolute atomic E-state index is 12.7. The number of aliphatic hydroxyl groups is 2. The molecule has 0 aromatic carbocycles. The van der Waals surface area contributed by atoms with Gasteiger partial charge in [-0.1, -0.05) is 61.1 Å². The highest BCUT2D eigenvalue weighted by Gasteiger charge is 2.42. The zero-order chi connectivity index (χ0) is 26.4. The number of esters is 1.